The number of carbonyl (C=O) groups excluding carboxylic acids is 2. The molecule has 184 valence electrons. The fourth-order valence-corrected chi connectivity index (χ4v) is 4.42. The van der Waals surface area contributed by atoms with Crippen molar-refractivity contribution >= 4 is 11.8 Å². The van der Waals surface area contributed by atoms with Gasteiger partial charge in [0, 0.05) is 63.3 Å². The lowest BCUT2D eigenvalue weighted by molar-refractivity contribution is -0.137. The summed E-state index contributed by atoms with van der Waals surface area (Å²) in [4.78, 5) is 35.5. The number of aromatic amines is 1. The number of benzene rings is 1. The zero-order valence-electron chi connectivity index (χ0n) is 19.2. The number of alkyl halides is 3. The topological polar surface area (TPSA) is 95.3 Å². The summed E-state index contributed by atoms with van der Waals surface area (Å²) in [7, 11) is 0. The van der Waals surface area contributed by atoms with E-state index in [2.05, 4.69) is 14.9 Å². The number of hydrogen-bond donors (Lipinski definition) is 2. The van der Waals surface area contributed by atoms with Crippen molar-refractivity contribution in [3.05, 3.63) is 65.5 Å². The van der Waals surface area contributed by atoms with Crippen LogP contribution in [0.15, 0.2) is 48.8 Å². The number of aromatic nitrogens is 2. The predicted octanol–water partition coefficient (Wildman–Crippen LogP) is 3.57. The van der Waals surface area contributed by atoms with Gasteiger partial charge in [-0.1, -0.05) is 12.1 Å². The lowest BCUT2D eigenvalue weighted by atomic mass is 9.98. The van der Waals surface area contributed by atoms with Crippen LogP contribution in [-0.2, 0) is 17.4 Å². The molecule has 4 rings (SSSR count). The molecule has 1 fully saturated rings. The Labute approximate surface area is 200 Å². The molecular formula is C25H26F3N5O2. The molecule has 0 radical (unpaired) electrons. The lowest BCUT2D eigenvalue weighted by Gasteiger charge is -2.34. The molecule has 3 N–H and O–H groups in total. The first-order valence-corrected chi connectivity index (χ1v) is 11.3. The van der Waals surface area contributed by atoms with Crippen molar-refractivity contribution in [1.29, 1.82) is 0 Å². The van der Waals surface area contributed by atoms with Gasteiger partial charge in [0.25, 0.3) is 5.91 Å². The molecule has 1 aromatic carbocycles. The van der Waals surface area contributed by atoms with E-state index in [1.54, 1.807) is 36.4 Å². The van der Waals surface area contributed by atoms with Crippen LogP contribution < -0.4 is 5.73 Å². The highest BCUT2D eigenvalue weighted by molar-refractivity contribution is 6.03. The van der Waals surface area contributed by atoms with Crippen LogP contribution in [0.4, 0.5) is 13.2 Å². The van der Waals surface area contributed by atoms with Crippen LogP contribution in [0.1, 0.15) is 28.4 Å². The van der Waals surface area contributed by atoms with E-state index in [1.807, 2.05) is 0 Å². The SMILES string of the molecule is CC(=O)N1CCN(CCc2c(-c3ccc(C(F)(F)F)cc3)[nH]c(-c3cccnc3)c2C(N)=O)CC1. The number of primary amides is 1. The molecule has 0 spiro atoms. The van der Waals surface area contributed by atoms with Gasteiger partial charge < -0.3 is 15.6 Å². The van der Waals surface area contributed by atoms with Crippen LogP contribution in [-0.4, -0.2) is 64.3 Å². The van der Waals surface area contributed by atoms with Gasteiger partial charge in [-0.05, 0) is 41.8 Å². The van der Waals surface area contributed by atoms with E-state index >= 15 is 0 Å². The first-order chi connectivity index (χ1) is 16.6. The van der Waals surface area contributed by atoms with Crippen molar-refractivity contribution in [2.45, 2.75) is 19.5 Å². The number of hydrogen-bond acceptors (Lipinski definition) is 4. The monoisotopic (exact) mass is 485 g/mol. The van der Waals surface area contributed by atoms with Gasteiger partial charge in [0.1, 0.15) is 0 Å². The van der Waals surface area contributed by atoms with Crippen molar-refractivity contribution < 1.29 is 22.8 Å². The summed E-state index contributed by atoms with van der Waals surface area (Å²) in [5.41, 5.74) is 8.20. The van der Waals surface area contributed by atoms with Crippen LogP contribution in [0.3, 0.4) is 0 Å². The summed E-state index contributed by atoms with van der Waals surface area (Å²) in [6, 6.07) is 8.34. The molecule has 2 aromatic heterocycles. The number of amides is 2. The maximum absolute atomic E-state index is 13.1. The Bertz CT molecular complexity index is 1200. The molecule has 0 atom stereocenters. The third kappa shape index (κ3) is 5.37. The number of carbonyl (C=O) groups is 2. The van der Waals surface area contributed by atoms with Gasteiger partial charge in [-0.15, -0.1) is 0 Å². The maximum atomic E-state index is 13.1. The van der Waals surface area contributed by atoms with E-state index < -0.39 is 17.6 Å². The van der Waals surface area contributed by atoms with Crippen LogP contribution in [0.5, 0.6) is 0 Å². The number of piperazine rings is 1. The number of nitrogens with zero attached hydrogens (tertiary/aromatic N) is 3. The van der Waals surface area contributed by atoms with E-state index in [9.17, 15) is 22.8 Å². The van der Waals surface area contributed by atoms with Crippen molar-refractivity contribution in [3.8, 4) is 22.5 Å². The highest BCUT2D eigenvalue weighted by Gasteiger charge is 2.31. The molecule has 0 unspecified atom stereocenters. The third-order valence-electron chi connectivity index (χ3n) is 6.30. The molecule has 0 bridgehead atoms. The molecule has 7 nitrogen and oxygen atoms in total. The second-order valence-electron chi connectivity index (χ2n) is 8.51. The lowest BCUT2D eigenvalue weighted by Crippen LogP contribution is -2.48. The van der Waals surface area contributed by atoms with Gasteiger partial charge in [-0.2, -0.15) is 13.2 Å². The van der Waals surface area contributed by atoms with E-state index in [1.165, 1.54) is 12.1 Å². The number of nitrogens with two attached hydrogens (primary N) is 1. The van der Waals surface area contributed by atoms with Crippen molar-refractivity contribution in [2.75, 3.05) is 32.7 Å². The minimum Gasteiger partial charge on any atom is -0.366 e. The molecule has 0 aliphatic carbocycles. The zero-order valence-corrected chi connectivity index (χ0v) is 19.2. The number of halogens is 3. The fraction of sp³-hybridized carbons (Fsp3) is 0.320. The number of rotatable bonds is 6. The van der Waals surface area contributed by atoms with Gasteiger partial charge >= 0.3 is 6.18 Å². The molecule has 0 saturated carbocycles. The Kier molecular flexibility index (Phi) is 6.93. The minimum absolute atomic E-state index is 0.0389. The van der Waals surface area contributed by atoms with Crippen molar-refractivity contribution in [3.63, 3.8) is 0 Å². The summed E-state index contributed by atoms with van der Waals surface area (Å²) >= 11 is 0. The van der Waals surface area contributed by atoms with E-state index in [0.29, 0.717) is 72.8 Å². The Hall–Kier alpha value is -3.66. The second-order valence-corrected chi connectivity index (χ2v) is 8.51. The zero-order chi connectivity index (χ0) is 25.2. The molecule has 3 aromatic rings. The van der Waals surface area contributed by atoms with Gasteiger partial charge in [0.05, 0.1) is 16.8 Å². The van der Waals surface area contributed by atoms with Gasteiger partial charge in [0.15, 0.2) is 0 Å². The Balaban J connectivity index is 1.71. The quantitative estimate of drug-likeness (QED) is 0.558. The maximum Gasteiger partial charge on any atom is 0.416 e. The third-order valence-corrected chi connectivity index (χ3v) is 6.30. The first-order valence-electron chi connectivity index (χ1n) is 11.3. The van der Waals surface area contributed by atoms with E-state index in [0.717, 1.165) is 12.1 Å². The largest absolute Gasteiger partial charge is 0.416 e. The smallest absolute Gasteiger partial charge is 0.366 e. The normalized spacial score (nSPS) is 14.8. The van der Waals surface area contributed by atoms with Crippen LogP contribution in [0.25, 0.3) is 22.5 Å². The highest BCUT2D eigenvalue weighted by Crippen LogP contribution is 2.36. The Morgan fingerprint density at radius 3 is 2.26 bits per heavy atom. The Morgan fingerprint density at radius 1 is 1.03 bits per heavy atom. The summed E-state index contributed by atoms with van der Waals surface area (Å²) in [6.07, 6.45) is -0.794. The molecule has 3 heterocycles. The number of H-pyrrole nitrogens is 1. The van der Waals surface area contributed by atoms with Crippen LogP contribution in [0, 0.1) is 0 Å². The molecule has 1 saturated heterocycles. The van der Waals surface area contributed by atoms with Crippen LogP contribution in [0.2, 0.25) is 0 Å². The molecular weight excluding hydrogens is 459 g/mol. The van der Waals surface area contributed by atoms with E-state index in [-0.39, 0.29) is 5.91 Å². The number of nitrogens with one attached hydrogen (secondary N) is 1. The first kappa shape index (κ1) is 24.5. The summed E-state index contributed by atoms with van der Waals surface area (Å²) in [6.45, 7) is 4.78. The number of pyridine rings is 1. The highest BCUT2D eigenvalue weighted by atomic mass is 19.4. The van der Waals surface area contributed by atoms with Gasteiger partial charge in [0.2, 0.25) is 5.91 Å². The summed E-state index contributed by atoms with van der Waals surface area (Å²) in [5.74, 6) is -0.591. The summed E-state index contributed by atoms with van der Waals surface area (Å²) in [5, 5.41) is 0. The molecule has 2 amide bonds. The molecule has 1 aliphatic heterocycles. The van der Waals surface area contributed by atoms with Gasteiger partial charge in [-0.3, -0.25) is 19.5 Å². The molecule has 10 heteroatoms. The van der Waals surface area contributed by atoms with Crippen molar-refractivity contribution in [1.82, 2.24) is 19.8 Å². The van der Waals surface area contributed by atoms with E-state index in [4.69, 9.17) is 5.73 Å². The minimum atomic E-state index is -4.45. The fourth-order valence-electron chi connectivity index (χ4n) is 4.42. The van der Waals surface area contributed by atoms with Crippen LogP contribution >= 0.6 is 0 Å². The average Bonchev–Trinajstić information content (AvgIpc) is 3.23. The standard InChI is InChI=1S/C25H26F3N5O2/c1-16(34)33-13-11-32(12-14-33)10-8-20-21(24(29)35)23(18-3-2-9-30-15-18)31-22(20)17-4-6-19(7-5-17)25(26,27)28/h2-7,9,15,31H,8,10-14H2,1H3,(H2,29,35). The Morgan fingerprint density at radius 2 is 1.71 bits per heavy atom. The van der Waals surface area contributed by atoms with Crippen molar-refractivity contribution in [2.24, 2.45) is 5.73 Å². The predicted molar refractivity (Wildman–Crippen MR) is 125 cm³/mol. The summed E-state index contributed by atoms with van der Waals surface area (Å²) < 4.78 is 39.3. The second kappa shape index (κ2) is 9.91. The molecule has 35 heavy (non-hydrogen) atoms. The average molecular weight is 486 g/mol. The molecule has 1 aliphatic rings. The van der Waals surface area contributed by atoms with Gasteiger partial charge in [-0.25, -0.2) is 0 Å².